The third kappa shape index (κ3) is 3.63. The van der Waals surface area contributed by atoms with Crippen molar-refractivity contribution in [2.24, 2.45) is 0 Å². The first-order valence-corrected chi connectivity index (χ1v) is 6.61. The second-order valence-corrected chi connectivity index (χ2v) is 4.74. The van der Waals surface area contributed by atoms with Gasteiger partial charge in [0.15, 0.2) is 5.75 Å². The van der Waals surface area contributed by atoms with Gasteiger partial charge < -0.3 is 0 Å². The van der Waals surface area contributed by atoms with Crippen molar-refractivity contribution in [3.8, 4) is 5.75 Å². The van der Waals surface area contributed by atoms with Crippen LogP contribution in [0.4, 0.5) is 0 Å². The summed E-state index contributed by atoms with van der Waals surface area (Å²) in [5.74, 6) is 0.0775. The predicted octanol–water partition coefficient (Wildman–Crippen LogP) is 4.76. The maximum Gasteiger partial charge on any atom is 0.178 e. The average Bonchev–Trinajstić information content (AvgIpc) is 2.41. The number of aryl methyl sites for hydroxylation is 1. The van der Waals surface area contributed by atoms with Gasteiger partial charge in [-0.05, 0) is 48.1 Å². The summed E-state index contributed by atoms with van der Waals surface area (Å²) < 4.78 is 0. The van der Waals surface area contributed by atoms with Gasteiger partial charge in [-0.25, -0.2) is 0 Å². The van der Waals surface area contributed by atoms with E-state index in [1.54, 1.807) is 12.1 Å². The summed E-state index contributed by atoms with van der Waals surface area (Å²) in [6, 6.07) is 15.9. The SMILES string of the molecule is CCCCc1ccc(Cc2ccc([O])cc2)cc1. The van der Waals surface area contributed by atoms with E-state index in [2.05, 4.69) is 31.2 Å². The van der Waals surface area contributed by atoms with Crippen LogP contribution < -0.4 is 0 Å². The van der Waals surface area contributed by atoms with Gasteiger partial charge in [0.25, 0.3) is 0 Å². The minimum absolute atomic E-state index is 0.0775. The molecule has 1 heteroatoms. The Kier molecular flexibility index (Phi) is 4.40. The summed E-state index contributed by atoms with van der Waals surface area (Å²) >= 11 is 0. The van der Waals surface area contributed by atoms with Crippen LogP contribution in [0, 0.1) is 0 Å². The van der Waals surface area contributed by atoms with Gasteiger partial charge in [0.05, 0.1) is 0 Å². The van der Waals surface area contributed by atoms with E-state index in [1.807, 2.05) is 12.1 Å². The van der Waals surface area contributed by atoms with Crippen LogP contribution in [0.2, 0.25) is 0 Å². The molecule has 0 amide bonds. The Hall–Kier alpha value is -1.76. The Morgan fingerprint density at radius 2 is 1.28 bits per heavy atom. The van der Waals surface area contributed by atoms with Crippen molar-refractivity contribution in [2.45, 2.75) is 32.6 Å². The molecule has 0 N–H and O–H groups in total. The highest BCUT2D eigenvalue weighted by Gasteiger charge is 1.98. The highest BCUT2D eigenvalue weighted by atomic mass is 16.3. The van der Waals surface area contributed by atoms with E-state index in [1.165, 1.54) is 36.0 Å². The summed E-state index contributed by atoms with van der Waals surface area (Å²) in [5, 5.41) is 11.0. The highest BCUT2D eigenvalue weighted by Crippen LogP contribution is 2.15. The molecule has 93 valence electrons. The summed E-state index contributed by atoms with van der Waals surface area (Å²) in [5.41, 5.74) is 3.90. The lowest BCUT2D eigenvalue weighted by atomic mass is 10.0. The number of hydrogen-bond acceptors (Lipinski definition) is 0. The van der Waals surface area contributed by atoms with Crippen LogP contribution in [0.5, 0.6) is 5.75 Å². The molecular formula is C17H19O. The Labute approximate surface area is 109 Å². The van der Waals surface area contributed by atoms with Crippen LogP contribution in [-0.2, 0) is 17.9 Å². The molecule has 0 aliphatic carbocycles. The van der Waals surface area contributed by atoms with Crippen LogP contribution in [0.25, 0.3) is 0 Å². The van der Waals surface area contributed by atoms with Gasteiger partial charge in [0.1, 0.15) is 0 Å². The van der Waals surface area contributed by atoms with Crippen LogP contribution in [0.1, 0.15) is 36.5 Å². The quantitative estimate of drug-likeness (QED) is 0.716. The Balaban J connectivity index is 1.99. The molecule has 0 saturated carbocycles. The van der Waals surface area contributed by atoms with E-state index < -0.39 is 0 Å². The molecule has 1 radical (unpaired) electrons. The Bertz CT molecular complexity index is 468. The smallest absolute Gasteiger partial charge is 0.178 e. The molecule has 0 aliphatic rings. The van der Waals surface area contributed by atoms with Gasteiger partial charge in [-0.3, -0.25) is 5.11 Å². The maximum absolute atomic E-state index is 11.0. The van der Waals surface area contributed by atoms with E-state index in [9.17, 15) is 5.11 Å². The minimum atomic E-state index is 0.0775. The van der Waals surface area contributed by atoms with Crippen LogP contribution in [0.15, 0.2) is 48.5 Å². The summed E-state index contributed by atoms with van der Waals surface area (Å²) in [4.78, 5) is 0. The topological polar surface area (TPSA) is 19.9 Å². The summed E-state index contributed by atoms with van der Waals surface area (Å²) in [6.07, 6.45) is 4.56. The lowest BCUT2D eigenvalue weighted by Gasteiger charge is -2.04. The molecule has 0 aromatic heterocycles. The number of hydrogen-bond donors (Lipinski definition) is 0. The van der Waals surface area contributed by atoms with Crippen molar-refractivity contribution in [1.82, 2.24) is 0 Å². The van der Waals surface area contributed by atoms with Crippen LogP contribution in [-0.4, -0.2) is 0 Å². The molecule has 0 atom stereocenters. The molecule has 0 saturated heterocycles. The van der Waals surface area contributed by atoms with Crippen molar-refractivity contribution in [3.63, 3.8) is 0 Å². The molecule has 2 aromatic carbocycles. The van der Waals surface area contributed by atoms with E-state index in [0.29, 0.717) is 0 Å². The van der Waals surface area contributed by atoms with Gasteiger partial charge in [0, 0.05) is 0 Å². The average molecular weight is 239 g/mol. The van der Waals surface area contributed by atoms with Crippen molar-refractivity contribution in [2.75, 3.05) is 0 Å². The monoisotopic (exact) mass is 239 g/mol. The molecule has 2 rings (SSSR count). The van der Waals surface area contributed by atoms with Gasteiger partial charge in [-0.15, -0.1) is 0 Å². The second kappa shape index (κ2) is 6.25. The summed E-state index contributed by atoms with van der Waals surface area (Å²) in [6.45, 7) is 2.22. The number of benzene rings is 2. The normalized spacial score (nSPS) is 10.5. The van der Waals surface area contributed by atoms with Gasteiger partial charge in [0.2, 0.25) is 0 Å². The van der Waals surface area contributed by atoms with Crippen molar-refractivity contribution < 1.29 is 5.11 Å². The molecule has 2 aromatic rings. The zero-order valence-corrected chi connectivity index (χ0v) is 10.9. The molecular weight excluding hydrogens is 220 g/mol. The molecule has 0 heterocycles. The largest absolute Gasteiger partial charge is 0.290 e. The fraction of sp³-hybridized carbons (Fsp3) is 0.294. The lowest BCUT2D eigenvalue weighted by molar-refractivity contribution is 0.355. The summed E-state index contributed by atoms with van der Waals surface area (Å²) in [7, 11) is 0. The van der Waals surface area contributed by atoms with Crippen LogP contribution >= 0.6 is 0 Å². The fourth-order valence-electron chi connectivity index (χ4n) is 2.05. The van der Waals surface area contributed by atoms with Crippen LogP contribution in [0.3, 0.4) is 0 Å². The number of rotatable bonds is 5. The molecule has 0 unspecified atom stereocenters. The predicted molar refractivity (Wildman–Crippen MR) is 74.4 cm³/mol. The lowest BCUT2D eigenvalue weighted by Crippen LogP contribution is -1.89. The third-order valence-corrected chi connectivity index (χ3v) is 3.17. The molecule has 18 heavy (non-hydrogen) atoms. The molecule has 0 spiro atoms. The van der Waals surface area contributed by atoms with E-state index in [-0.39, 0.29) is 5.75 Å². The second-order valence-electron chi connectivity index (χ2n) is 4.74. The molecule has 0 aliphatic heterocycles. The van der Waals surface area contributed by atoms with Gasteiger partial charge in [-0.1, -0.05) is 49.7 Å². The van der Waals surface area contributed by atoms with E-state index in [0.717, 1.165) is 6.42 Å². The zero-order chi connectivity index (χ0) is 12.8. The maximum atomic E-state index is 11.0. The van der Waals surface area contributed by atoms with Crippen molar-refractivity contribution >= 4 is 0 Å². The van der Waals surface area contributed by atoms with E-state index in [4.69, 9.17) is 0 Å². The molecule has 1 nitrogen and oxygen atoms in total. The molecule has 0 fully saturated rings. The minimum Gasteiger partial charge on any atom is -0.290 e. The van der Waals surface area contributed by atoms with Crippen molar-refractivity contribution in [1.29, 1.82) is 0 Å². The third-order valence-electron chi connectivity index (χ3n) is 3.17. The first-order valence-electron chi connectivity index (χ1n) is 6.61. The Morgan fingerprint density at radius 3 is 1.83 bits per heavy atom. The molecule has 0 bridgehead atoms. The standard InChI is InChI=1S/C17H19O/c1-2-3-4-14-5-7-15(8-6-14)13-16-9-11-17(18)12-10-16/h5-12H,2-4,13H2,1H3. The fourth-order valence-corrected chi connectivity index (χ4v) is 2.05. The van der Waals surface area contributed by atoms with Gasteiger partial charge >= 0.3 is 0 Å². The van der Waals surface area contributed by atoms with Gasteiger partial charge in [-0.2, -0.15) is 0 Å². The Morgan fingerprint density at radius 1 is 0.778 bits per heavy atom. The zero-order valence-electron chi connectivity index (χ0n) is 10.9. The van der Waals surface area contributed by atoms with E-state index >= 15 is 0 Å². The first-order chi connectivity index (χ1) is 8.78. The highest BCUT2D eigenvalue weighted by molar-refractivity contribution is 5.31. The first kappa shape index (κ1) is 12.7. The van der Waals surface area contributed by atoms with Crippen molar-refractivity contribution in [3.05, 3.63) is 65.2 Å². The number of unbranched alkanes of at least 4 members (excludes halogenated alkanes) is 1.